The minimum absolute atomic E-state index is 0.0950. The smallest absolute Gasteiger partial charge is 0.0788 e. The van der Waals surface area contributed by atoms with Gasteiger partial charge in [0.2, 0.25) is 0 Å². The van der Waals surface area contributed by atoms with Crippen molar-refractivity contribution in [2.45, 2.75) is 12.0 Å². The molecule has 16 aromatic rings. The van der Waals surface area contributed by atoms with Gasteiger partial charge >= 0.3 is 0 Å². The maximum absolute atomic E-state index is 2.60. The molecule has 0 radical (unpaired) electrons. The number of hydrogen-bond donors (Lipinski definition) is 0. The van der Waals surface area contributed by atoms with Gasteiger partial charge in [-0.05, 0) is 143 Å². The SMILES string of the molecule is C1=CC2c3ccccc3N(c3ccc(-c4ccc5c(c4)c4cc(-c6ccc(-n7c8ccccc8c8ccc9c%10ccccc%10n(-c%10ccccc%10)c9c87)cc6)ccc4n5-c4ccccc4)cc3)C2c2c1n(-c1ccccc1)c1ccccc21. The lowest BCUT2D eigenvalue weighted by molar-refractivity contribution is 0.669. The molecule has 0 N–H and O–H groups in total. The Morgan fingerprint density at radius 2 is 0.675 bits per heavy atom. The van der Waals surface area contributed by atoms with Crippen molar-refractivity contribution in [2.24, 2.45) is 0 Å². The third-order valence-electron chi connectivity index (χ3n) is 18.1. The summed E-state index contributed by atoms with van der Waals surface area (Å²) in [5.74, 6) is 0.215. The monoisotopic (exact) mass is 1060 g/mol. The van der Waals surface area contributed by atoms with Crippen LogP contribution in [-0.4, -0.2) is 18.3 Å². The molecule has 83 heavy (non-hydrogen) atoms. The average molecular weight is 1060 g/mol. The van der Waals surface area contributed by atoms with Gasteiger partial charge in [0.15, 0.2) is 0 Å². The van der Waals surface area contributed by atoms with Crippen molar-refractivity contribution in [1.29, 1.82) is 0 Å². The van der Waals surface area contributed by atoms with Crippen LogP contribution in [0.3, 0.4) is 0 Å². The molecule has 12 aromatic carbocycles. The van der Waals surface area contributed by atoms with Crippen LogP contribution in [0, 0.1) is 0 Å². The van der Waals surface area contributed by atoms with Crippen molar-refractivity contribution in [2.75, 3.05) is 4.90 Å². The summed E-state index contributed by atoms with van der Waals surface area (Å²) >= 11 is 0. The molecule has 0 saturated carbocycles. The Morgan fingerprint density at radius 3 is 1.23 bits per heavy atom. The van der Waals surface area contributed by atoms with Gasteiger partial charge in [-0.3, -0.25) is 0 Å². The van der Waals surface area contributed by atoms with Crippen LogP contribution in [0.2, 0.25) is 0 Å². The fourth-order valence-electron chi connectivity index (χ4n) is 14.6. The lowest BCUT2D eigenvalue weighted by Gasteiger charge is -2.32. The van der Waals surface area contributed by atoms with Crippen molar-refractivity contribution in [3.63, 3.8) is 0 Å². The number of benzene rings is 12. The van der Waals surface area contributed by atoms with Crippen molar-refractivity contribution in [3.05, 3.63) is 308 Å². The van der Waals surface area contributed by atoms with Crippen molar-refractivity contribution >= 4 is 93.8 Å². The van der Waals surface area contributed by atoms with Crippen LogP contribution in [0.15, 0.2) is 291 Å². The lowest BCUT2D eigenvalue weighted by Crippen LogP contribution is -2.24. The summed E-state index contributed by atoms with van der Waals surface area (Å²) in [4.78, 5) is 2.60. The number of nitrogens with zero attached hydrogens (tertiary/aromatic N) is 5. The van der Waals surface area contributed by atoms with Crippen LogP contribution in [0.5, 0.6) is 0 Å². The second kappa shape index (κ2) is 17.8. The molecule has 1 aliphatic heterocycles. The molecule has 388 valence electrons. The summed E-state index contributed by atoms with van der Waals surface area (Å²) in [5.41, 5.74) is 24.1. The molecule has 5 nitrogen and oxygen atoms in total. The zero-order chi connectivity index (χ0) is 54.3. The number of aromatic nitrogens is 4. The summed E-state index contributed by atoms with van der Waals surface area (Å²) in [6.45, 7) is 0. The Labute approximate surface area is 479 Å². The topological polar surface area (TPSA) is 23.0 Å². The molecule has 0 bridgehead atoms. The maximum atomic E-state index is 2.60. The molecular formula is C78H51N5. The minimum Gasteiger partial charge on any atom is -0.333 e. The quantitative estimate of drug-likeness (QED) is 0.156. The van der Waals surface area contributed by atoms with E-state index in [2.05, 4.69) is 320 Å². The van der Waals surface area contributed by atoms with E-state index in [9.17, 15) is 0 Å². The van der Waals surface area contributed by atoms with Crippen LogP contribution in [0.4, 0.5) is 11.4 Å². The first-order valence-corrected chi connectivity index (χ1v) is 28.8. The first-order valence-electron chi connectivity index (χ1n) is 28.8. The Bertz CT molecular complexity index is 5310. The summed E-state index contributed by atoms with van der Waals surface area (Å²) < 4.78 is 9.80. The summed E-state index contributed by atoms with van der Waals surface area (Å²) in [6, 6.07) is 105. The van der Waals surface area contributed by atoms with Gasteiger partial charge in [-0.25, -0.2) is 0 Å². The Hall–Kier alpha value is -10.9. The van der Waals surface area contributed by atoms with Crippen LogP contribution >= 0.6 is 0 Å². The Morgan fingerprint density at radius 1 is 0.265 bits per heavy atom. The van der Waals surface area contributed by atoms with Gasteiger partial charge in [0.1, 0.15) is 0 Å². The van der Waals surface area contributed by atoms with Gasteiger partial charge < -0.3 is 23.2 Å². The summed E-state index contributed by atoms with van der Waals surface area (Å²) in [7, 11) is 0. The third-order valence-corrected chi connectivity index (χ3v) is 18.1. The van der Waals surface area contributed by atoms with Crippen molar-refractivity contribution in [1.82, 2.24) is 18.3 Å². The van der Waals surface area contributed by atoms with Gasteiger partial charge in [-0.15, -0.1) is 0 Å². The lowest BCUT2D eigenvalue weighted by atomic mass is 9.84. The van der Waals surface area contributed by atoms with E-state index in [1.807, 2.05) is 0 Å². The summed E-state index contributed by atoms with van der Waals surface area (Å²) in [5, 5.41) is 8.71. The summed E-state index contributed by atoms with van der Waals surface area (Å²) in [6.07, 6.45) is 4.81. The predicted octanol–water partition coefficient (Wildman–Crippen LogP) is 20.3. The second-order valence-electron chi connectivity index (χ2n) is 22.4. The highest BCUT2D eigenvalue weighted by Crippen LogP contribution is 2.58. The molecule has 0 amide bonds. The third kappa shape index (κ3) is 6.70. The van der Waals surface area contributed by atoms with E-state index in [1.165, 1.54) is 132 Å². The van der Waals surface area contributed by atoms with E-state index in [4.69, 9.17) is 0 Å². The van der Waals surface area contributed by atoms with Crippen molar-refractivity contribution in [3.8, 4) is 45.0 Å². The first kappa shape index (κ1) is 45.9. The first-order chi connectivity index (χ1) is 41.2. The molecule has 18 rings (SSSR count). The highest BCUT2D eigenvalue weighted by atomic mass is 15.2. The van der Waals surface area contributed by atoms with Crippen LogP contribution in [-0.2, 0) is 0 Å². The fraction of sp³-hybridized carbons (Fsp3) is 0.0256. The second-order valence-corrected chi connectivity index (χ2v) is 22.4. The normalized spacial score (nSPS) is 14.7. The van der Waals surface area contributed by atoms with E-state index in [1.54, 1.807) is 0 Å². The molecule has 0 saturated heterocycles. The van der Waals surface area contributed by atoms with Gasteiger partial charge in [-0.2, -0.15) is 0 Å². The Kier molecular flexibility index (Phi) is 9.86. The molecular weight excluding hydrogens is 1010 g/mol. The van der Waals surface area contributed by atoms with E-state index < -0.39 is 0 Å². The van der Waals surface area contributed by atoms with Gasteiger partial charge in [0.05, 0.1) is 50.4 Å². The van der Waals surface area contributed by atoms with Crippen molar-refractivity contribution < 1.29 is 0 Å². The maximum Gasteiger partial charge on any atom is 0.0788 e. The Balaban J connectivity index is 0.748. The van der Waals surface area contributed by atoms with Gasteiger partial charge in [0, 0.05) is 83.3 Å². The van der Waals surface area contributed by atoms with Crippen LogP contribution in [0.1, 0.15) is 28.8 Å². The zero-order valence-corrected chi connectivity index (χ0v) is 45.2. The van der Waals surface area contributed by atoms with E-state index in [0.717, 1.165) is 17.1 Å². The molecule has 2 atom stereocenters. The zero-order valence-electron chi connectivity index (χ0n) is 45.2. The number of anilines is 2. The molecule has 5 heterocycles. The number of rotatable bonds is 7. The highest BCUT2D eigenvalue weighted by molar-refractivity contribution is 6.24. The standard InChI is InChI=1S/C78H51N5/c1-4-18-54(19-5-1)79-72-45-36-52(50-32-38-57(39-33-50)81-68-28-14-10-24-59(68)62-44-47-74-75(76(62)81)65-27-13-17-31-71(65)80(74)55-20-6-2-7-21-55)48-66(72)67-49-53(37-46-73(67)79)51-34-40-58(41-35-51)83-70-30-16-12-26-61(70)64-43-42-63-60-25-11-15-29-69(60)82(77(63)78(64)83)56-22-8-3-9-23-56/h1-49,62,76H. The van der Waals surface area contributed by atoms with Gasteiger partial charge in [-0.1, -0.05) is 182 Å². The minimum atomic E-state index is 0.0950. The average Bonchev–Trinajstić information content (AvgIpc) is 2.24. The molecule has 5 heteroatoms. The molecule has 2 aliphatic rings. The molecule has 1 aliphatic carbocycles. The van der Waals surface area contributed by atoms with E-state index in [0.29, 0.717) is 0 Å². The van der Waals surface area contributed by atoms with Crippen LogP contribution < -0.4 is 4.90 Å². The molecule has 2 unspecified atom stereocenters. The van der Waals surface area contributed by atoms with Crippen LogP contribution in [0.25, 0.3) is 127 Å². The number of hydrogen-bond acceptors (Lipinski definition) is 1. The highest BCUT2D eigenvalue weighted by Gasteiger charge is 2.43. The number of para-hydroxylation sites is 7. The molecule has 4 aromatic heterocycles. The van der Waals surface area contributed by atoms with E-state index >= 15 is 0 Å². The van der Waals surface area contributed by atoms with E-state index in [-0.39, 0.29) is 12.0 Å². The van der Waals surface area contributed by atoms with Gasteiger partial charge in [0.25, 0.3) is 0 Å². The fourth-order valence-corrected chi connectivity index (χ4v) is 14.6. The molecule has 0 spiro atoms. The predicted molar refractivity (Wildman–Crippen MR) is 347 cm³/mol. The molecule has 0 fully saturated rings. The largest absolute Gasteiger partial charge is 0.333 e. The number of fused-ring (bicyclic) bond motifs is 17.